The van der Waals surface area contributed by atoms with E-state index >= 15 is 0 Å². The van der Waals surface area contributed by atoms with Gasteiger partial charge in [-0.2, -0.15) is 0 Å². The van der Waals surface area contributed by atoms with Crippen molar-refractivity contribution in [2.45, 2.75) is 57.8 Å². The zero-order chi connectivity index (χ0) is 26.0. The van der Waals surface area contributed by atoms with Gasteiger partial charge < -0.3 is 25.4 Å². The lowest BCUT2D eigenvalue weighted by Crippen LogP contribution is -2.56. The van der Waals surface area contributed by atoms with Gasteiger partial charge in [-0.1, -0.05) is 19.9 Å². The molecule has 6 nitrogen and oxygen atoms in total. The van der Waals surface area contributed by atoms with E-state index in [0.29, 0.717) is 33.8 Å². The minimum absolute atomic E-state index is 0.0285. The molecule has 0 heterocycles. The third kappa shape index (κ3) is 4.28. The molecule has 0 aromatic heterocycles. The van der Waals surface area contributed by atoms with Crippen molar-refractivity contribution >= 4 is 11.7 Å². The maximum Gasteiger partial charge on any atom is 0.335 e. The van der Waals surface area contributed by atoms with Crippen LogP contribution in [0, 0.1) is 16.7 Å². The Bertz CT molecular complexity index is 1360. The van der Waals surface area contributed by atoms with Crippen molar-refractivity contribution in [3.63, 3.8) is 0 Å². The smallest absolute Gasteiger partial charge is 0.335 e. The average molecular weight is 500 g/mol. The van der Waals surface area contributed by atoms with Crippen LogP contribution in [0.2, 0.25) is 0 Å². The minimum atomic E-state index is -0.968. The third-order valence-electron chi connectivity index (χ3n) is 8.72. The zero-order valence-corrected chi connectivity index (χ0v) is 21.3. The van der Waals surface area contributed by atoms with Crippen molar-refractivity contribution in [1.82, 2.24) is 0 Å². The molecule has 4 aliphatic rings. The topological polar surface area (TPSA) is 102 Å². The summed E-state index contributed by atoms with van der Waals surface area (Å²) in [7, 11) is 0. The highest BCUT2D eigenvalue weighted by molar-refractivity contribution is 5.87. The van der Waals surface area contributed by atoms with Crippen molar-refractivity contribution in [1.29, 1.82) is 0 Å². The molecule has 4 aliphatic carbocycles. The standard InChI is InChI=1S/C31H33NO5/c1-29-13-19-14-30(2,16-29)18-31(15-19,17-29)24-9-7-23(36-22-8-10-25(32)26(33)11-22)12-27(24)37-21-5-3-20(4-6-21)28(34)35/h3-12,19,33H,13-18,32H2,1-2H3,(H,34,35). The summed E-state index contributed by atoms with van der Waals surface area (Å²) in [5, 5.41) is 19.3. The first kappa shape index (κ1) is 23.7. The van der Waals surface area contributed by atoms with E-state index in [4.69, 9.17) is 15.2 Å². The number of aromatic carboxylic acids is 1. The maximum absolute atomic E-state index is 11.3. The summed E-state index contributed by atoms with van der Waals surface area (Å²) in [6.45, 7) is 4.92. The van der Waals surface area contributed by atoms with E-state index in [1.807, 2.05) is 12.1 Å². The Labute approximate surface area is 217 Å². The fourth-order valence-electron chi connectivity index (χ4n) is 8.35. The second kappa shape index (κ2) is 8.17. The zero-order valence-electron chi connectivity index (χ0n) is 21.3. The van der Waals surface area contributed by atoms with E-state index in [1.165, 1.54) is 37.3 Å². The highest BCUT2D eigenvalue weighted by Gasteiger charge is 2.61. The molecule has 4 bridgehead atoms. The largest absolute Gasteiger partial charge is 0.506 e. The number of anilines is 1. The highest BCUT2D eigenvalue weighted by atomic mass is 16.5. The van der Waals surface area contributed by atoms with Gasteiger partial charge in [0.2, 0.25) is 0 Å². The van der Waals surface area contributed by atoms with E-state index in [9.17, 15) is 15.0 Å². The van der Waals surface area contributed by atoms with Gasteiger partial charge in [0, 0.05) is 23.1 Å². The molecule has 3 aromatic carbocycles. The molecule has 2 atom stereocenters. The van der Waals surface area contributed by atoms with Gasteiger partial charge in [-0.25, -0.2) is 4.79 Å². The number of nitrogen functional groups attached to an aromatic ring is 1. The molecule has 6 heteroatoms. The van der Waals surface area contributed by atoms with Gasteiger partial charge in [0.1, 0.15) is 28.7 Å². The van der Waals surface area contributed by atoms with E-state index in [-0.39, 0.29) is 16.7 Å². The van der Waals surface area contributed by atoms with Crippen LogP contribution in [0.1, 0.15) is 68.3 Å². The third-order valence-corrected chi connectivity index (χ3v) is 8.72. The summed E-state index contributed by atoms with van der Waals surface area (Å²) in [4.78, 5) is 11.3. The molecular formula is C31H33NO5. The molecule has 3 aromatic rings. The molecule has 192 valence electrons. The number of hydrogen-bond acceptors (Lipinski definition) is 5. The number of carboxylic acid groups (broad SMARTS) is 1. The number of carbonyl (C=O) groups is 1. The second-order valence-electron chi connectivity index (χ2n) is 12.3. The number of ether oxygens (including phenoxy) is 2. The minimum Gasteiger partial charge on any atom is -0.506 e. The van der Waals surface area contributed by atoms with Crippen LogP contribution in [0.15, 0.2) is 60.7 Å². The normalized spacial score (nSPS) is 29.7. The van der Waals surface area contributed by atoms with Crippen LogP contribution in [0.25, 0.3) is 0 Å². The van der Waals surface area contributed by atoms with Crippen LogP contribution in [0.5, 0.6) is 28.7 Å². The molecule has 0 aliphatic heterocycles. The number of benzene rings is 3. The maximum atomic E-state index is 11.3. The Hall–Kier alpha value is -3.67. The number of rotatable bonds is 6. The Kier molecular flexibility index (Phi) is 5.23. The second-order valence-corrected chi connectivity index (χ2v) is 12.3. The Balaban J connectivity index is 1.40. The van der Waals surface area contributed by atoms with Gasteiger partial charge in [-0.05, 0) is 97.7 Å². The average Bonchev–Trinajstić information content (AvgIpc) is 2.79. The number of carboxylic acids is 1. The quantitative estimate of drug-likeness (QED) is 0.240. The molecular weight excluding hydrogens is 466 g/mol. The molecule has 4 saturated carbocycles. The van der Waals surface area contributed by atoms with E-state index < -0.39 is 5.97 Å². The van der Waals surface area contributed by atoms with Crippen LogP contribution >= 0.6 is 0 Å². The number of phenolic OH excluding ortho intramolecular Hbond substituents is 1. The van der Waals surface area contributed by atoms with Crippen molar-refractivity contribution in [3.8, 4) is 28.7 Å². The molecule has 37 heavy (non-hydrogen) atoms. The predicted octanol–water partition coefficient (Wildman–Crippen LogP) is 7.51. The summed E-state index contributed by atoms with van der Waals surface area (Å²) in [6, 6.07) is 17.4. The highest BCUT2D eigenvalue weighted by Crippen LogP contribution is 2.70. The summed E-state index contributed by atoms with van der Waals surface area (Å²) in [5.41, 5.74) is 8.17. The molecule has 0 saturated heterocycles. The summed E-state index contributed by atoms with van der Waals surface area (Å²) >= 11 is 0. The lowest BCUT2D eigenvalue weighted by molar-refractivity contribution is -0.110. The predicted molar refractivity (Wildman–Crippen MR) is 142 cm³/mol. The summed E-state index contributed by atoms with van der Waals surface area (Å²) in [5.74, 6) is 2.11. The SMILES string of the molecule is CC12CC3CC(C)(C1)CC(c1ccc(Oc4ccc(N)c(O)c4)cc1Oc1ccc(C(=O)O)cc1)(C3)C2. The fraction of sp³-hybridized carbons (Fsp3) is 0.387. The first-order chi connectivity index (χ1) is 17.5. The van der Waals surface area contributed by atoms with Crippen molar-refractivity contribution < 1.29 is 24.5 Å². The van der Waals surface area contributed by atoms with Crippen LogP contribution < -0.4 is 15.2 Å². The van der Waals surface area contributed by atoms with E-state index in [1.54, 1.807) is 36.4 Å². The number of hydrogen-bond donors (Lipinski definition) is 3. The van der Waals surface area contributed by atoms with Gasteiger partial charge in [0.15, 0.2) is 0 Å². The fourth-order valence-corrected chi connectivity index (χ4v) is 8.35. The van der Waals surface area contributed by atoms with E-state index in [0.717, 1.165) is 24.5 Å². The monoisotopic (exact) mass is 499 g/mol. The molecule has 4 fully saturated rings. The van der Waals surface area contributed by atoms with Gasteiger partial charge in [0.05, 0.1) is 11.3 Å². The first-order valence-electron chi connectivity index (χ1n) is 13.0. The number of phenols is 1. The van der Waals surface area contributed by atoms with Gasteiger partial charge in [0.25, 0.3) is 0 Å². The van der Waals surface area contributed by atoms with E-state index in [2.05, 4.69) is 19.9 Å². The molecule has 0 radical (unpaired) electrons. The lowest BCUT2D eigenvalue weighted by Gasteiger charge is -2.65. The Morgan fingerprint density at radius 1 is 0.838 bits per heavy atom. The molecule has 4 N–H and O–H groups in total. The lowest BCUT2D eigenvalue weighted by atomic mass is 9.39. The Morgan fingerprint density at radius 2 is 1.46 bits per heavy atom. The summed E-state index contributed by atoms with van der Waals surface area (Å²) < 4.78 is 12.6. The first-order valence-corrected chi connectivity index (χ1v) is 13.0. The molecule has 7 rings (SSSR count). The molecule has 2 unspecified atom stereocenters. The molecule has 0 amide bonds. The van der Waals surface area contributed by atoms with Crippen LogP contribution in [-0.2, 0) is 5.41 Å². The van der Waals surface area contributed by atoms with Crippen molar-refractivity contribution in [3.05, 3.63) is 71.8 Å². The Morgan fingerprint density at radius 3 is 2.08 bits per heavy atom. The van der Waals surface area contributed by atoms with Gasteiger partial charge in [-0.3, -0.25) is 0 Å². The number of nitrogens with two attached hydrogens (primary N) is 1. The van der Waals surface area contributed by atoms with Crippen LogP contribution in [-0.4, -0.2) is 16.2 Å². The van der Waals surface area contributed by atoms with Crippen LogP contribution in [0.4, 0.5) is 5.69 Å². The van der Waals surface area contributed by atoms with Gasteiger partial charge in [-0.15, -0.1) is 0 Å². The summed E-state index contributed by atoms with van der Waals surface area (Å²) in [6.07, 6.45) is 7.35. The van der Waals surface area contributed by atoms with Gasteiger partial charge >= 0.3 is 5.97 Å². The molecule has 0 spiro atoms. The number of aromatic hydroxyl groups is 1. The van der Waals surface area contributed by atoms with Crippen LogP contribution in [0.3, 0.4) is 0 Å². The van der Waals surface area contributed by atoms with Crippen molar-refractivity contribution in [2.24, 2.45) is 16.7 Å². The van der Waals surface area contributed by atoms with Crippen molar-refractivity contribution in [2.75, 3.05) is 5.73 Å².